The molecule has 0 radical (unpaired) electrons. The summed E-state index contributed by atoms with van der Waals surface area (Å²) in [5, 5.41) is 124. The van der Waals surface area contributed by atoms with E-state index in [1.54, 1.807) is 13.8 Å². The van der Waals surface area contributed by atoms with E-state index in [0.717, 1.165) is 20.8 Å². The molecule has 57 nitrogen and oxygen atoms in total. The van der Waals surface area contributed by atoms with Gasteiger partial charge in [0.2, 0.25) is 106 Å². The van der Waals surface area contributed by atoms with Gasteiger partial charge in [0.25, 0.3) is 0 Å². The first kappa shape index (κ1) is 123. The molecule has 39 N–H and O–H groups in total. The maximum absolute atomic E-state index is 14.3. The number of amides is 18. The molecule has 0 aromatic rings. The highest BCUT2D eigenvalue weighted by atomic mass is 16.4. The van der Waals surface area contributed by atoms with Gasteiger partial charge in [0, 0.05) is 45.2 Å². The Morgan fingerprint density at radius 3 is 0.978 bits per heavy atom. The number of carbonyl (C=O) groups is 24. The lowest BCUT2D eigenvalue weighted by atomic mass is 9.97. The molecule has 772 valence electrons. The molecule has 137 heavy (non-hydrogen) atoms. The second kappa shape index (κ2) is 63.8. The molecule has 0 spiro atoms. The highest BCUT2D eigenvalue weighted by molar-refractivity contribution is 6.02. The van der Waals surface area contributed by atoms with Gasteiger partial charge >= 0.3 is 35.8 Å². The van der Waals surface area contributed by atoms with Crippen LogP contribution in [0, 0.1) is 28.6 Å². The minimum absolute atomic E-state index is 0.0442. The van der Waals surface area contributed by atoms with Crippen molar-refractivity contribution in [2.45, 2.75) is 300 Å². The molecule has 0 aliphatic rings. The molecular formula is C80H136N26O31. The Labute approximate surface area is 786 Å². The van der Waals surface area contributed by atoms with Gasteiger partial charge in [0.15, 0.2) is 11.9 Å². The Hall–Kier alpha value is -14.3. The van der Waals surface area contributed by atoms with Crippen molar-refractivity contribution in [1.29, 1.82) is 10.8 Å². The van der Waals surface area contributed by atoms with Crippen molar-refractivity contribution in [3.63, 3.8) is 0 Å². The number of carboxylic acids is 6. The third-order valence-corrected chi connectivity index (χ3v) is 20.5. The summed E-state index contributed by atoms with van der Waals surface area (Å²) < 4.78 is 0. The number of hydrogen-bond donors (Lipinski definition) is 33. The molecule has 0 bridgehead atoms. The summed E-state index contributed by atoms with van der Waals surface area (Å²) in [6.45, 7) is 11.1. The van der Waals surface area contributed by atoms with E-state index < -0.39 is 346 Å². The van der Waals surface area contributed by atoms with Crippen LogP contribution in [0.4, 0.5) is 0 Å². The van der Waals surface area contributed by atoms with E-state index >= 15 is 0 Å². The Morgan fingerprint density at radius 2 is 0.599 bits per heavy atom. The molecule has 0 aromatic heterocycles. The molecule has 57 heteroatoms. The lowest BCUT2D eigenvalue weighted by molar-refractivity contribution is -0.143. The minimum atomic E-state index is -2.11. The van der Waals surface area contributed by atoms with Gasteiger partial charge in [0.1, 0.15) is 96.7 Å². The van der Waals surface area contributed by atoms with Crippen molar-refractivity contribution in [1.82, 2.24) is 95.7 Å². The molecule has 0 saturated heterocycles. The van der Waals surface area contributed by atoms with Gasteiger partial charge in [-0.3, -0.25) is 121 Å². The van der Waals surface area contributed by atoms with Crippen molar-refractivity contribution < 1.29 is 151 Å². The van der Waals surface area contributed by atoms with Gasteiger partial charge in [-0.1, -0.05) is 48.0 Å². The maximum atomic E-state index is 14.3. The number of aliphatic hydroxyl groups is 1. The zero-order valence-electron chi connectivity index (χ0n) is 77.6. The quantitative estimate of drug-likeness (QED) is 0.0153. The number of primary amides is 2. The van der Waals surface area contributed by atoms with E-state index in [4.69, 9.17) is 50.3 Å². The highest BCUT2D eigenvalue weighted by Crippen LogP contribution is 2.16. The number of hydrogen-bond acceptors (Lipinski definition) is 29. The molecule has 0 fully saturated rings. The second-order valence-corrected chi connectivity index (χ2v) is 33.0. The Morgan fingerprint density at radius 1 is 0.299 bits per heavy atom. The Kier molecular flexibility index (Phi) is 57.1. The van der Waals surface area contributed by atoms with Crippen molar-refractivity contribution in [3.8, 4) is 0 Å². The van der Waals surface area contributed by atoms with Gasteiger partial charge in [0.05, 0.1) is 25.5 Å². The summed E-state index contributed by atoms with van der Waals surface area (Å²) in [6, 6.07) is -29.7. The van der Waals surface area contributed by atoms with Crippen LogP contribution in [-0.2, 0) is 115 Å². The minimum Gasteiger partial charge on any atom is -0.481 e. The first-order chi connectivity index (χ1) is 63.9. The predicted octanol–water partition coefficient (Wildman–Crippen LogP) is -11.3. The zero-order valence-corrected chi connectivity index (χ0v) is 77.6. The molecule has 0 unspecified atom stereocenters. The van der Waals surface area contributed by atoms with Crippen LogP contribution in [0.15, 0.2) is 0 Å². The van der Waals surface area contributed by atoms with Crippen LogP contribution in [0.2, 0.25) is 0 Å². The first-order valence-electron chi connectivity index (χ1n) is 43.9. The SMILES string of the molecule is CC[C@H](C)[C@H](NC(=O)[C@H](CC(=O)O)NC(=O)[C@H](C)NC(=O)[C@H](CCCNC(=N)N)NC(=O)[C@H](CCC(=O)O)NC(=O)[C@H](CCC(=O)O)NC(=O)[C@H](C)NC(=O)[C@@H](N)CCC(=O)O)C(=O)N[C@@H](C)C(=O)N[C@@H](CCC(=O)O)C(=O)N[C@@H](CO)C(=O)N[C@@H](CCC(N)=O)C(=O)N[C@H](C(=O)N[C@@H](CC(N)=O)C(=O)N[C@@H](CCCCN)C(=O)N[C@@H](CC(C)C)C(=O)N[C@@H](CCCNC(=N)N)C(=O)O)C(C)C. The summed E-state index contributed by atoms with van der Waals surface area (Å²) in [7, 11) is 0. The largest absolute Gasteiger partial charge is 0.481 e. The van der Waals surface area contributed by atoms with Crippen LogP contribution >= 0.6 is 0 Å². The lowest BCUT2D eigenvalue weighted by Crippen LogP contribution is -2.62. The average molecular weight is 1960 g/mol. The van der Waals surface area contributed by atoms with Crippen LogP contribution in [-0.4, -0.2) is 319 Å². The van der Waals surface area contributed by atoms with E-state index in [9.17, 15) is 146 Å². The maximum Gasteiger partial charge on any atom is 0.326 e. The van der Waals surface area contributed by atoms with E-state index in [0.29, 0.717) is 6.42 Å². The number of nitrogens with one attached hydrogen (secondary N) is 20. The number of carboxylic acid groups (broad SMARTS) is 6. The van der Waals surface area contributed by atoms with Gasteiger partial charge in [-0.25, -0.2) is 4.79 Å². The number of guanidine groups is 2. The summed E-state index contributed by atoms with van der Waals surface area (Å²) in [4.78, 5) is 319. The smallest absolute Gasteiger partial charge is 0.326 e. The van der Waals surface area contributed by atoms with Crippen LogP contribution in [0.1, 0.15) is 197 Å². The number of rotatable bonds is 70. The van der Waals surface area contributed by atoms with Crippen molar-refractivity contribution >= 4 is 154 Å². The fourth-order valence-corrected chi connectivity index (χ4v) is 12.5. The predicted molar refractivity (Wildman–Crippen MR) is 478 cm³/mol. The molecule has 0 saturated carbocycles. The molecule has 18 atom stereocenters. The third-order valence-electron chi connectivity index (χ3n) is 20.5. The van der Waals surface area contributed by atoms with Crippen LogP contribution in [0.25, 0.3) is 0 Å². The van der Waals surface area contributed by atoms with Gasteiger partial charge in [-0.15, -0.1) is 0 Å². The topological polar surface area (TPSA) is 972 Å². The number of aliphatic hydroxyl groups excluding tert-OH is 1. The number of carbonyl (C=O) groups excluding carboxylic acids is 18. The standard InChI is InChI=1S/C80H136N26O31/c1-10-37(6)61(106-74(132)51(33-59(118)119)101-64(122)39(8)92-66(124)43(16-13-29-89-79(85)86)96-69(127)47(22-27-58(116)117)98-68(126)45(20-25-56(112)113)94-62(120)38(7)91-65(123)41(82)18-24-55(110)111)77(135)93-40(9)63(121)95-46(21-26-57(114)115)70(128)104-52(34-107)75(133)99-44(19-23-53(83)108)71(129)105-60(36(4)5)76(134)103-50(32-54(84)109)73(131)97-42(15-11-12-28-81)67(125)102-49(31-35(2)3)72(130)100-48(78(136)137)17-14-30-90-80(87)88/h35-52,60-61,107H,10-34,81-82H2,1-9H3,(H2,83,108)(H2,84,109)(H,91,123)(H,92,124)(H,93,135)(H,94,120)(H,95,121)(H,96,127)(H,97,131)(H,98,126)(H,99,133)(H,100,130)(H,101,122)(H,102,125)(H,103,134)(H,104,128)(H,105,129)(H,106,132)(H,110,111)(H,112,113)(H,114,115)(H,116,117)(H,118,119)(H,136,137)(H4,85,86,89)(H4,87,88,90)/t37-,38-,39-,40-,41-,42-,43-,44-,45-,46-,47-,48-,49-,50-,51-,52-,60-,61-/m0/s1. The Bertz CT molecular complexity index is 4240. The molecule has 0 aromatic carbocycles. The van der Waals surface area contributed by atoms with Crippen molar-refractivity contribution in [2.24, 2.45) is 52.2 Å². The fourth-order valence-electron chi connectivity index (χ4n) is 12.5. The third kappa shape index (κ3) is 50.6. The molecule has 0 heterocycles. The zero-order chi connectivity index (χ0) is 105. The van der Waals surface area contributed by atoms with Crippen molar-refractivity contribution in [3.05, 3.63) is 0 Å². The number of unbranched alkanes of at least 4 members (excludes halogenated alkanes) is 1. The van der Waals surface area contributed by atoms with Crippen molar-refractivity contribution in [2.75, 3.05) is 26.2 Å². The normalized spacial score (nSPS) is 14.9. The Balaban J connectivity index is 7.02. The number of nitrogens with two attached hydrogens (primary N) is 6. The monoisotopic (exact) mass is 1960 g/mol. The van der Waals surface area contributed by atoms with E-state index in [-0.39, 0.29) is 82.9 Å². The van der Waals surface area contributed by atoms with Gasteiger partial charge in [-0.2, -0.15) is 0 Å². The summed E-state index contributed by atoms with van der Waals surface area (Å²) in [5.74, 6) is -33.6. The van der Waals surface area contributed by atoms with E-state index in [2.05, 4.69) is 95.7 Å². The van der Waals surface area contributed by atoms with E-state index in [1.807, 2.05) is 0 Å². The molecule has 0 aliphatic carbocycles. The van der Waals surface area contributed by atoms with Crippen LogP contribution < -0.4 is 130 Å². The lowest BCUT2D eigenvalue weighted by Gasteiger charge is -2.29. The molecule has 0 rings (SSSR count). The van der Waals surface area contributed by atoms with Crippen LogP contribution in [0.3, 0.4) is 0 Å². The fraction of sp³-hybridized carbons (Fsp3) is 0.675. The summed E-state index contributed by atoms with van der Waals surface area (Å²) in [5.41, 5.74) is 33.1. The van der Waals surface area contributed by atoms with Gasteiger partial charge < -0.3 is 166 Å². The molecule has 0 aliphatic heterocycles. The molecule has 18 amide bonds. The second-order valence-electron chi connectivity index (χ2n) is 33.0. The summed E-state index contributed by atoms with van der Waals surface area (Å²) >= 11 is 0. The van der Waals surface area contributed by atoms with Gasteiger partial charge in [-0.05, 0) is 129 Å². The number of aliphatic carboxylic acids is 6. The average Bonchev–Trinajstić information content (AvgIpc) is 0.857. The molecular weight excluding hydrogens is 1820 g/mol. The van der Waals surface area contributed by atoms with E-state index in [1.165, 1.54) is 27.7 Å². The first-order valence-corrected chi connectivity index (χ1v) is 43.9. The van der Waals surface area contributed by atoms with Crippen LogP contribution in [0.5, 0.6) is 0 Å². The highest BCUT2D eigenvalue weighted by Gasteiger charge is 2.41. The summed E-state index contributed by atoms with van der Waals surface area (Å²) in [6.07, 6.45) is -9.24.